The third-order valence-corrected chi connectivity index (χ3v) is 2.72. The summed E-state index contributed by atoms with van der Waals surface area (Å²) in [4.78, 5) is 14.6. The number of hydrogen-bond acceptors (Lipinski definition) is 4. The van der Waals surface area contributed by atoms with Crippen LogP contribution in [0, 0.1) is 17.0 Å². The Morgan fingerprint density at radius 3 is 2.72 bits per heavy atom. The van der Waals surface area contributed by atoms with Crippen LogP contribution in [0.5, 0.6) is 0 Å². The van der Waals surface area contributed by atoms with Gasteiger partial charge in [0.05, 0.1) is 17.2 Å². The first-order chi connectivity index (χ1) is 8.61. The molecule has 0 unspecified atom stereocenters. The topological polar surface area (TPSA) is 76.3 Å². The van der Waals surface area contributed by atoms with Crippen molar-refractivity contribution < 1.29 is 10.0 Å². The Bertz CT molecular complexity index is 597. The first-order valence-corrected chi connectivity index (χ1v) is 5.44. The molecule has 1 N–H and O–H groups in total. The fraction of sp³-hybridized carbons (Fsp3) is 0.154. The first-order valence-electron chi connectivity index (χ1n) is 5.44. The van der Waals surface area contributed by atoms with Crippen LogP contribution >= 0.6 is 0 Å². The van der Waals surface area contributed by atoms with Crippen molar-refractivity contribution in [2.24, 2.45) is 0 Å². The summed E-state index contributed by atoms with van der Waals surface area (Å²) in [7, 11) is 0. The van der Waals surface area contributed by atoms with Crippen LogP contribution in [0.4, 0.5) is 5.69 Å². The van der Waals surface area contributed by atoms with Gasteiger partial charge in [0.2, 0.25) is 0 Å². The average Bonchev–Trinajstić information content (AvgIpc) is 2.38. The molecule has 5 nitrogen and oxygen atoms in total. The summed E-state index contributed by atoms with van der Waals surface area (Å²) >= 11 is 0. The van der Waals surface area contributed by atoms with Gasteiger partial charge in [-0.05, 0) is 18.6 Å². The number of nitro benzene ring substituents is 1. The molecule has 0 aliphatic carbocycles. The number of non-ortho nitro benzene ring substituents is 1. The summed E-state index contributed by atoms with van der Waals surface area (Å²) < 4.78 is 0. The smallest absolute Gasteiger partial charge is 0.270 e. The fourth-order valence-corrected chi connectivity index (χ4v) is 1.70. The third kappa shape index (κ3) is 2.36. The summed E-state index contributed by atoms with van der Waals surface area (Å²) in [6, 6.07) is 9.85. The largest absolute Gasteiger partial charge is 0.392 e. The maximum absolute atomic E-state index is 10.7. The summed E-state index contributed by atoms with van der Waals surface area (Å²) in [6.45, 7) is 1.74. The van der Waals surface area contributed by atoms with Crippen LogP contribution in [0.15, 0.2) is 36.4 Å². The first kappa shape index (κ1) is 12.2. The molecule has 0 radical (unpaired) electrons. The van der Waals surface area contributed by atoms with Gasteiger partial charge in [0.25, 0.3) is 5.69 Å². The molecular weight excluding hydrogens is 232 g/mol. The highest BCUT2D eigenvalue weighted by molar-refractivity contribution is 5.62. The number of aliphatic hydroxyl groups excluding tert-OH is 1. The van der Waals surface area contributed by atoms with Gasteiger partial charge in [0.15, 0.2) is 0 Å². The normalized spacial score (nSPS) is 10.3. The molecule has 0 saturated carbocycles. The summed E-state index contributed by atoms with van der Waals surface area (Å²) in [5, 5.41) is 19.8. The molecule has 1 aromatic carbocycles. The second kappa shape index (κ2) is 4.93. The monoisotopic (exact) mass is 244 g/mol. The van der Waals surface area contributed by atoms with Gasteiger partial charge < -0.3 is 5.11 Å². The molecule has 2 aromatic rings. The van der Waals surface area contributed by atoms with E-state index in [0.29, 0.717) is 11.3 Å². The third-order valence-electron chi connectivity index (χ3n) is 2.72. The minimum absolute atomic E-state index is 0.0400. The Kier molecular flexibility index (Phi) is 3.34. The minimum atomic E-state index is -0.432. The lowest BCUT2D eigenvalue weighted by Crippen LogP contribution is -1.95. The molecule has 5 heteroatoms. The number of aliphatic hydroxyl groups is 1. The molecule has 0 bridgehead atoms. The van der Waals surface area contributed by atoms with Gasteiger partial charge in [-0.15, -0.1) is 0 Å². The van der Waals surface area contributed by atoms with Crippen molar-refractivity contribution in [1.82, 2.24) is 4.98 Å². The van der Waals surface area contributed by atoms with Crippen molar-refractivity contribution in [3.63, 3.8) is 0 Å². The number of aryl methyl sites for hydroxylation is 1. The number of pyridine rings is 1. The molecule has 0 aliphatic heterocycles. The van der Waals surface area contributed by atoms with Gasteiger partial charge in [0.1, 0.15) is 0 Å². The van der Waals surface area contributed by atoms with Crippen LogP contribution < -0.4 is 0 Å². The zero-order valence-electron chi connectivity index (χ0n) is 9.83. The Morgan fingerprint density at radius 1 is 1.33 bits per heavy atom. The molecular formula is C13H12N2O3. The van der Waals surface area contributed by atoms with Gasteiger partial charge >= 0.3 is 0 Å². The van der Waals surface area contributed by atoms with Crippen LogP contribution in [-0.4, -0.2) is 15.0 Å². The molecule has 92 valence electrons. The Balaban J connectivity index is 2.45. The standard InChI is InChI=1S/C13H12N2O3/c1-9-11(8-16)5-6-13(14-9)10-3-2-4-12(7-10)15(17)18/h2-7,16H,8H2,1H3. The Labute approximate surface area is 104 Å². The van der Waals surface area contributed by atoms with Crippen molar-refractivity contribution in [2.45, 2.75) is 13.5 Å². The van der Waals surface area contributed by atoms with E-state index in [9.17, 15) is 10.1 Å². The Morgan fingerprint density at radius 2 is 2.11 bits per heavy atom. The van der Waals surface area contributed by atoms with Crippen LogP contribution in [0.1, 0.15) is 11.3 Å². The van der Waals surface area contributed by atoms with E-state index in [0.717, 1.165) is 11.3 Å². The molecule has 2 rings (SSSR count). The number of nitrogens with zero attached hydrogens (tertiary/aromatic N) is 2. The molecule has 0 aliphatic rings. The highest BCUT2D eigenvalue weighted by Gasteiger charge is 2.08. The molecule has 0 fully saturated rings. The molecule has 18 heavy (non-hydrogen) atoms. The van der Waals surface area contributed by atoms with Gasteiger partial charge in [-0.25, -0.2) is 0 Å². The molecule has 1 aromatic heterocycles. The molecule has 0 spiro atoms. The van der Waals surface area contributed by atoms with E-state index in [1.165, 1.54) is 12.1 Å². The second-order valence-corrected chi connectivity index (χ2v) is 3.91. The minimum Gasteiger partial charge on any atom is -0.392 e. The van der Waals surface area contributed by atoms with Crippen LogP contribution in [-0.2, 0) is 6.61 Å². The average molecular weight is 244 g/mol. The number of hydrogen-bond donors (Lipinski definition) is 1. The van der Waals surface area contributed by atoms with E-state index in [1.54, 1.807) is 31.2 Å². The van der Waals surface area contributed by atoms with E-state index in [4.69, 9.17) is 5.11 Å². The second-order valence-electron chi connectivity index (χ2n) is 3.91. The zero-order valence-corrected chi connectivity index (χ0v) is 9.83. The maximum Gasteiger partial charge on any atom is 0.270 e. The van der Waals surface area contributed by atoms with E-state index in [1.807, 2.05) is 0 Å². The van der Waals surface area contributed by atoms with Crippen molar-refractivity contribution in [1.29, 1.82) is 0 Å². The van der Waals surface area contributed by atoms with Crippen molar-refractivity contribution in [2.75, 3.05) is 0 Å². The van der Waals surface area contributed by atoms with Crippen LogP contribution in [0.3, 0.4) is 0 Å². The Hall–Kier alpha value is -2.27. The van der Waals surface area contributed by atoms with E-state index >= 15 is 0 Å². The van der Waals surface area contributed by atoms with Gasteiger partial charge in [-0.2, -0.15) is 0 Å². The van der Waals surface area contributed by atoms with E-state index in [2.05, 4.69) is 4.98 Å². The lowest BCUT2D eigenvalue weighted by atomic mass is 10.1. The predicted molar refractivity (Wildman–Crippen MR) is 67.0 cm³/mol. The molecule has 0 amide bonds. The number of benzene rings is 1. The van der Waals surface area contributed by atoms with Crippen molar-refractivity contribution in [3.8, 4) is 11.3 Å². The number of nitro groups is 1. The molecule has 1 heterocycles. The van der Waals surface area contributed by atoms with Gasteiger partial charge in [0, 0.05) is 23.4 Å². The highest BCUT2D eigenvalue weighted by Crippen LogP contribution is 2.23. The van der Waals surface area contributed by atoms with Crippen LogP contribution in [0.25, 0.3) is 11.3 Å². The SMILES string of the molecule is Cc1nc(-c2cccc([N+](=O)[O-])c2)ccc1CO. The maximum atomic E-state index is 10.7. The predicted octanol–water partition coefficient (Wildman–Crippen LogP) is 2.46. The van der Waals surface area contributed by atoms with Gasteiger partial charge in [-0.1, -0.05) is 18.2 Å². The van der Waals surface area contributed by atoms with Crippen molar-refractivity contribution in [3.05, 3.63) is 57.8 Å². The lowest BCUT2D eigenvalue weighted by Gasteiger charge is -2.05. The summed E-state index contributed by atoms with van der Waals surface area (Å²) in [5.74, 6) is 0. The number of aromatic nitrogens is 1. The fourth-order valence-electron chi connectivity index (χ4n) is 1.70. The quantitative estimate of drug-likeness (QED) is 0.664. The summed E-state index contributed by atoms with van der Waals surface area (Å²) in [6.07, 6.45) is 0. The molecule has 0 saturated heterocycles. The molecule has 0 atom stereocenters. The zero-order chi connectivity index (χ0) is 13.1. The highest BCUT2D eigenvalue weighted by atomic mass is 16.6. The van der Waals surface area contributed by atoms with E-state index < -0.39 is 4.92 Å². The number of rotatable bonds is 3. The lowest BCUT2D eigenvalue weighted by molar-refractivity contribution is -0.384. The van der Waals surface area contributed by atoms with Gasteiger partial charge in [-0.3, -0.25) is 15.1 Å². The summed E-state index contributed by atoms with van der Waals surface area (Å²) in [5.41, 5.74) is 2.87. The van der Waals surface area contributed by atoms with Crippen LogP contribution in [0.2, 0.25) is 0 Å². The van der Waals surface area contributed by atoms with Crippen molar-refractivity contribution >= 4 is 5.69 Å². The van der Waals surface area contributed by atoms with E-state index in [-0.39, 0.29) is 12.3 Å².